The molecule has 0 aromatic heterocycles. The Morgan fingerprint density at radius 1 is 1.33 bits per heavy atom. The van der Waals surface area contributed by atoms with Gasteiger partial charge in [0.25, 0.3) is 0 Å². The highest BCUT2D eigenvalue weighted by Crippen LogP contribution is 1.92. The van der Waals surface area contributed by atoms with Crippen molar-refractivity contribution in [2.24, 2.45) is 4.99 Å². The Bertz CT molecular complexity index is 209. The molecule has 1 N–H and O–H groups in total. The predicted octanol–water partition coefficient (Wildman–Crippen LogP) is 2.38. The number of nitrogens with zero attached hydrogens (tertiary/aromatic N) is 1. The zero-order valence-electron chi connectivity index (χ0n) is 7.29. The summed E-state index contributed by atoms with van der Waals surface area (Å²) in [6.07, 6.45) is 1.39. The van der Waals surface area contributed by atoms with E-state index in [-0.39, 0.29) is 0 Å². The van der Waals surface area contributed by atoms with Gasteiger partial charge in [-0.05, 0) is 6.92 Å². The maximum atomic E-state index is 4.90. The van der Waals surface area contributed by atoms with Gasteiger partial charge < -0.3 is 0 Å². The van der Waals surface area contributed by atoms with Crippen LogP contribution in [0.1, 0.15) is 5.56 Å². The molecule has 0 unspecified atom stereocenters. The van der Waals surface area contributed by atoms with E-state index in [1.807, 2.05) is 18.2 Å². The normalized spacial score (nSPS) is 8.92. The van der Waals surface area contributed by atoms with Crippen molar-refractivity contribution < 1.29 is 0 Å². The van der Waals surface area contributed by atoms with Crippen LogP contribution in [0.2, 0.25) is 0 Å². The third kappa shape index (κ3) is 7.09. The molecular weight excluding hydrogens is 172 g/mol. The van der Waals surface area contributed by atoms with E-state index in [0.29, 0.717) is 0 Å². The van der Waals surface area contributed by atoms with Gasteiger partial charge in [0.15, 0.2) is 0 Å². The Balaban J connectivity index is 0.000000217. The summed E-state index contributed by atoms with van der Waals surface area (Å²) in [5, 5.41) is 0. The molecule has 0 spiro atoms. The summed E-state index contributed by atoms with van der Waals surface area (Å²) in [6, 6.07) is 10.3. The zero-order chi connectivity index (χ0) is 9.23. The van der Waals surface area contributed by atoms with Crippen molar-refractivity contribution in [3.63, 3.8) is 0 Å². The van der Waals surface area contributed by atoms with Crippen molar-refractivity contribution >= 4 is 18.1 Å². The average molecular weight is 185 g/mol. The van der Waals surface area contributed by atoms with E-state index >= 15 is 0 Å². The largest absolute Gasteiger partial charge is 0.289 e. The Kier molecular flexibility index (Phi) is 7.39. The average Bonchev–Trinajstić information content (AvgIpc) is 2.08. The lowest BCUT2D eigenvalue weighted by atomic mass is 10.2. The first kappa shape index (κ1) is 11.0. The number of nitrogens with one attached hydrogen (secondary N) is 1. The van der Waals surface area contributed by atoms with Crippen LogP contribution >= 0.6 is 11.8 Å². The van der Waals surface area contributed by atoms with Crippen molar-refractivity contribution in [1.82, 2.24) is 4.84 Å². The summed E-state index contributed by atoms with van der Waals surface area (Å²) >= 11 is 4.90. The highest BCUT2D eigenvalue weighted by atomic mass is 35.5. The Labute approximate surface area is 78.4 Å². The standard InChI is InChI=1S/C7H8.C2H5ClN2/c1-7-5-3-2-4-6-7;1-4-2-5-3/h2-6H,1H3;2H,1H3,(H,4,5). The first-order valence-corrected chi connectivity index (χ1v) is 3.97. The van der Waals surface area contributed by atoms with Gasteiger partial charge in [-0.1, -0.05) is 35.9 Å². The molecule has 0 saturated carbocycles. The Morgan fingerprint density at radius 2 is 1.92 bits per heavy atom. The van der Waals surface area contributed by atoms with Crippen molar-refractivity contribution in [2.75, 3.05) is 7.05 Å². The molecule has 0 aliphatic carbocycles. The lowest BCUT2D eigenvalue weighted by Crippen LogP contribution is -1.89. The summed E-state index contributed by atoms with van der Waals surface area (Å²) in [7, 11) is 1.63. The van der Waals surface area contributed by atoms with Crippen molar-refractivity contribution in [3.05, 3.63) is 35.9 Å². The van der Waals surface area contributed by atoms with Gasteiger partial charge in [0.2, 0.25) is 0 Å². The minimum Gasteiger partial charge on any atom is -0.289 e. The molecule has 0 atom stereocenters. The fourth-order valence-electron chi connectivity index (χ4n) is 0.583. The van der Waals surface area contributed by atoms with Gasteiger partial charge >= 0.3 is 0 Å². The second-order valence-electron chi connectivity index (χ2n) is 2.15. The summed E-state index contributed by atoms with van der Waals surface area (Å²) in [5.41, 5.74) is 1.32. The SMILES string of the molecule is CN=CNCl.Cc1ccccc1. The van der Waals surface area contributed by atoms with Crippen LogP contribution in [0.25, 0.3) is 0 Å². The highest BCUT2D eigenvalue weighted by molar-refractivity contribution is 6.18. The molecule has 0 heterocycles. The Morgan fingerprint density at radius 3 is 2.08 bits per heavy atom. The quantitative estimate of drug-likeness (QED) is 0.405. The number of aryl methyl sites for hydroxylation is 1. The molecule has 0 bridgehead atoms. The Hall–Kier alpha value is -1.02. The number of rotatable bonds is 1. The lowest BCUT2D eigenvalue weighted by Gasteiger charge is -1.82. The molecule has 2 nitrogen and oxygen atoms in total. The fraction of sp³-hybridized carbons (Fsp3) is 0.222. The van der Waals surface area contributed by atoms with Crippen LogP contribution in [0.15, 0.2) is 35.3 Å². The van der Waals surface area contributed by atoms with Crippen LogP contribution < -0.4 is 4.84 Å². The minimum absolute atomic E-state index is 1.32. The van der Waals surface area contributed by atoms with Gasteiger partial charge in [-0.3, -0.25) is 9.83 Å². The maximum Gasteiger partial charge on any atom is 0.0964 e. The van der Waals surface area contributed by atoms with E-state index in [1.54, 1.807) is 7.05 Å². The molecule has 12 heavy (non-hydrogen) atoms. The van der Waals surface area contributed by atoms with Crippen LogP contribution in [-0.4, -0.2) is 13.4 Å². The molecule has 66 valence electrons. The topological polar surface area (TPSA) is 24.4 Å². The first-order chi connectivity index (χ1) is 5.81. The van der Waals surface area contributed by atoms with Gasteiger partial charge in [0, 0.05) is 18.8 Å². The van der Waals surface area contributed by atoms with Crippen LogP contribution in [0.3, 0.4) is 0 Å². The molecule has 0 saturated heterocycles. The summed E-state index contributed by atoms with van der Waals surface area (Å²) in [5.74, 6) is 0. The van der Waals surface area contributed by atoms with Crippen molar-refractivity contribution in [3.8, 4) is 0 Å². The van der Waals surface area contributed by atoms with Crippen molar-refractivity contribution in [2.45, 2.75) is 6.92 Å². The summed E-state index contributed by atoms with van der Waals surface area (Å²) in [6.45, 7) is 2.08. The molecule has 0 aliphatic heterocycles. The van der Waals surface area contributed by atoms with Crippen molar-refractivity contribution in [1.29, 1.82) is 0 Å². The smallest absolute Gasteiger partial charge is 0.0964 e. The molecular formula is C9H13ClN2. The molecule has 3 heteroatoms. The van der Waals surface area contributed by atoms with Crippen LogP contribution in [0.4, 0.5) is 0 Å². The van der Waals surface area contributed by atoms with Gasteiger partial charge in [-0.15, -0.1) is 0 Å². The predicted molar refractivity (Wildman–Crippen MR) is 54.6 cm³/mol. The number of aliphatic imine (C=N–C) groups is 1. The third-order valence-corrected chi connectivity index (χ3v) is 1.22. The van der Waals surface area contributed by atoms with E-state index in [0.717, 1.165) is 0 Å². The molecule has 0 radical (unpaired) electrons. The molecule has 1 rings (SSSR count). The van der Waals surface area contributed by atoms with E-state index in [1.165, 1.54) is 11.9 Å². The number of benzene rings is 1. The molecule has 0 aliphatic rings. The van der Waals surface area contributed by atoms with E-state index in [2.05, 4.69) is 28.9 Å². The monoisotopic (exact) mass is 184 g/mol. The van der Waals surface area contributed by atoms with Crippen LogP contribution in [0.5, 0.6) is 0 Å². The molecule has 1 aromatic carbocycles. The van der Waals surface area contributed by atoms with E-state index in [4.69, 9.17) is 11.8 Å². The molecule has 0 fully saturated rings. The first-order valence-electron chi connectivity index (χ1n) is 3.59. The minimum atomic E-state index is 1.32. The lowest BCUT2D eigenvalue weighted by molar-refractivity contribution is 1.40. The second kappa shape index (κ2) is 8.08. The highest BCUT2D eigenvalue weighted by Gasteiger charge is 1.72. The van der Waals surface area contributed by atoms with E-state index in [9.17, 15) is 0 Å². The third-order valence-electron chi connectivity index (χ3n) is 1.12. The number of hydrogen-bond acceptors (Lipinski definition) is 1. The zero-order valence-corrected chi connectivity index (χ0v) is 8.05. The number of hydrogen-bond donors (Lipinski definition) is 1. The van der Waals surface area contributed by atoms with Crippen LogP contribution in [0, 0.1) is 6.92 Å². The second-order valence-corrected chi connectivity index (χ2v) is 2.37. The molecule has 0 amide bonds. The summed E-state index contributed by atoms with van der Waals surface area (Å²) in [4.78, 5) is 5.68. The van der Waals surface area contributed by atoms with Gasteiger partial charge in [-0.25, -0.2) is 0 Å². The fourth-order valence-corrected chi connectivity index (χ4v) is 0.681. The van der Waals surface area contributed by atoms with Gasteiger partial charge in [0.1, 0.15) is 0 Å². The van der Waals surface area contributed by atoms with Gasteiger partial charge in [0.05, 0.1) is 6.34 Å². The molecule has 1 aromatic rings. The van der Waals surface area contributed by atoms with E-state index < -0.39 is 0 Å². The van der Waals surface area contributed by atoms with Gasteiger partial charge in [-0.2, -0.15) is 0 Å². The van der Waals surface area contributed by atoms with Crippen LogP contribution in [-0.2, 0) is 0 Å². The summed E-state index contributed by atoms with van der Waals surface area (Å²) < 4.78 is 0. The number of halogens is 1. The maximum absolute atomic E-state index is 4.90.